The highest BCUT2D eigenvalue weighted by Gasteiger charge is 2.22. The number of ether oxygens (including phenoxy) is 1. The smallest absolute Gasteiger partial charge is 0.135 e. The summed E-state index contributed by atoms with van der Waals surface area (Å²) in [6.07, 6.45) is 0. The van der Waals surface area contributed by atoms with Crippen molar-refractivity contribution < 1.29 is 4.74 Å². The molecule has 9 rings (SSSR count). The van der Waals surface area contributed by atoms with Crippen LogP contribution in [-0.4, -0.2) is 0 Å². The lowest BCUT2D eigenvalue weighted by atomic mass is 9.86. The van der Waals surface area contributed by atoms with Crippen molar-refractivity contribution in [2.75, 3.05) is 0 Å². The maximum atomic E-state index is 6.43. The van der Waals surface area contributed by atoms with Crippen LogP contribution in [-0.2, 0) is 0 Å². The van der Waals surface area contributed by atoms with E-state index in [1.54, 1.807) is 0 Å². The second-order valence-corrected chi connectivity index (χ2v) is 10.5. The molecule has 0 N–H and O–H groups in total. The fourth-order valence-electron chi connectivity index (χ4n) is 6.59. The van der Waals surface area contributed by atoms with Crippen molar-refractivity contribution in [3.8, 4) is 44.9 Å². The number of hydrogen-bond donors (Lipinski definition) is 0. The minimum absolute atomic E-state index is 0.905. The normalized spacial score (nSPS) is 12.3. The van der Waals surface area contributed by atoms with E-state index in [0.29, 0.717) is 0 Å². The Bertz CT molecular complexity index is 2230. The van der Waals surface area contributed by atoms with Gasteiger partial charge in [-0.05, 0) is 95.9 Å². The summed E-state index contributed by atoms with van der Waals surface area (Å²) >= 11 is 0. The molecule has 0 radical (unpaired) electrons. The van der Waals surface area contributed by atoms with E-state index in [1.165, 1.54) is 70.9 Å². The fraction of sp³-hybridized carbons (Fsp3) is 0. The predicted molar refractivity (Wildman–Crippen MR) is 164 cm³/mol. The van der Waals surface area contributed by atoms with Crippen LogP contribution in [0.1, 0.15) is 0 Å². The summed E-state index contributed by atoms with van der Waals surface area (Å²) in [5, 5.41) is 10.2. The van der Waals surface area contributed by atoms with E-state index in [-0.39, 0.29) is 0 Å². The van der Waals surface area contributed by atoms with Crippen molar-refractivity contribution in [1.82, 2.24) is 0 Å². The van der Waals surface area contributed by atoms with Gasteiger partial charge in [0.2, 0.25) is 0 Å². The molecule has 0 aromatic heterocycles. The van der Waals surface area contributed by atoms with E-state index in [1.807, 2.05) is 0 Å². The van der Waals surface area contributed by atoms with Crippen LogP contribution < -0.4 is 4.74 Å². The second kappa shape index (κ2) is 7.69. The van der Waals surface area contributed by atoms with E-state index in [4.69, 9.17) is 4.74 Å². The third-order valence-corrected chi connectivity index (χ3v) is 8.38. The zero-order chi connectivity index (χ0) is 25.5. The van der Waals surface area contributed by atoms with Gasteiger partial charge in [0, 0.05) is 10.9 Å². The zero-order valence-corrected chi connectivity index (χ0v) is 21.1. The summed E-state index contributed by atoms with van der Waals surface area (Å²) in [5.41, 5.74) is 7.25. The van der Waals surface area contributed by atoms with Gasteiger partial charge < -0.3 is 4.74 Å². The van der Waals surface area contributed by atoms with Crippen molar-refractivity contribution in [3.05, 3.63) is 133 Å². The molecule has 0 bridgehead atoms. The van der Waals surface area contributed by atoms with Gasteiger partial charge in [-0.25, -0.2) is 0 Å². The Morgan fingerprint density at radius 1 is 0.333 bits per heavy atom. The number of fused-ring (bicyclic) bond motifs is 2. The van der Waals surface area contributed by atoms with Gasteiger partial charge in [-0.3, -0.25) is 0 Å². The van der Waals surface area contributed by atoms with Crippen LogP contribution in [0.5, 0.6) is 11.5 Å². The quantitative estimate of drug-likeness (QED) is 0.217. The van der Waals surface area contributed by atoms with Gasteiger partial charge >= 0.3 is 0 Å². The van der Waals surface area contributed by atoms with Crippen molar-refractivity contribution in [3.63, 3.8) is 0 Å². The van der Waals surface area contributed by atoms with Crippen molar-refractivity contribution in [2.24, 2.45) is 0 Å². The molecule has 1 aliphatic rings. The lowest BCUT2D eigenvalue weighted by Crippen LogP contribution is -1.98. The maximum absolute atomic E-state index is 6.43. The van der Waals surface area contributed by atoms with Crippen LogP contribution >= 0.6 is 0 Å². The van der Waals surface area contributed by atoms with Crippen LogP contribution in [0.15, 0.2) is 133 Å². The average molecular weight is 495 g/mol. The van der Waals surface area contributed by atoms with Gasteiger partial charge in [-0.2, -0.15) is 0 Å². The zero-order valence-electron chi connectivity index (χ0n) is 21.1. The van der Waals surface area contributed by atoms with Gasteiger partial charge in [-0.1, -0.05) is 103 Å². The molecule has 0 atom stereocenters. The molecule has 0 amide bonds. The largest absolute Gasteiger partial charge is 0.456 e. The summed E-state index contributed by atoms with van der Waals surface area (Å²) in [7, 11) is 0. The topological polar surface area (TPSA) is 9.23 Å². The summed E-state index contributed by atoms with van der Waals surface area (Å²) in [5.74, 6) is 1.83. The first-order valence-corrected chi connectivity index (χ1v) is 13.4. The maximum Gasteiger partial charge on any atom is 0.135 e. The summed E-state index contributed by atoms with van der Waals surface area (Å²) in [4.78, 5) is 0. The lowest BCUT2D eigenvalue weighted by molar-refractivity contribution is 0.487. The standard InChI is InChI=1S/C38H22O/c1-2-6-23(7-3-1)27-16-19-34-32(21-27)33-22-29(20-28-10-5-11-35(39-34)37(28)33)30-17-14-26-13-12-24-8-4-9-25-15-18-31(30)38(26)36(24)25/h1-22H. The first-order chi connectivity index (χ1) is 19.3. The van der Waals surface area contributed by atoms with Gasteiger partial charge in [0.1, 0.15) is 11.5 Å². The molecule has 0 spiro atoms. The first kappa shape index (κ1) is 20.9. The van der Waals surface area contributed by atoms with Crippen LogP contribution in [0, 0.1) is 0 Å². The Morgan fingerprint density at radius 2 is 1.05 bits per heavy atom. The Labute approximate surface area is 225 Å². The molecule has 0 saturated carbocycles. The number of benzene rings is 8. The minimum atomic E-state index is 0.905. The number of rotatable bonds is 2. The molecule has 0 fully saturated rings. The molecule has 1 aliphatic heterocycles. The van der Waals surface area contributed by atoms with E-state index < -0.39 is 0 Å². The second-order valence-electron chi connectivity index (χ2n) is 10.5. The van der Waals surface area contributed by atoms with Gasteiger partial charge in [0.25, 0.3) is 0 Å². The molecule has 0 saturated heterocycles. The predicted octanol–water partition coefficient (Wildman–Crippen LogP) is 10.8. The Balaban J connectivity index is 1.34. The van der Waals surface area contributed by atoms with Crippen LogP contribution in [0.3, 0.4) is 0 Å². The molecule has 1 heterocycles. The molecule has 8 aromatic rings. The third kappa shape index (κ3) is 2.96. The Hall–Kier alpha value is -5.14. The van der Waals surface area contributed by atoms with Gasteiger partial charge in [-0.15, -0.1) is 0 Å². The number of hydrogen-bond acceptors (Lipinski definition) is 1. The van der Waals surface area contributed by atoms with Crippen LogP contribution in [0.25, 0.3) is 76.5 Å². The highest BCUT2D eigenvalue weighted by molar-refractivity contribution is 6.25. The van der Waals surface area contributed by atoms with Crippen molar-refractivity contribution >= 4 is 43.1 Å². The molecule has 1 heteroatoms. The molecule has 0 unspecified atom stereocenters. The molecule has 8 aromatic carbocycles. The van der Waals surface area contributed by atoms with Gasteiger partial charge in [0.15, 0.2) is 0 Å². The molecule has 0 aliphatic carbocycles. The third-order valence-electron chi connectivity index (χ3n) is 8.38. The van der Waals surface area contributed by atoms with Crippen LogP contribution in [0.2, 0.25) is 0 Å². The molecule has 180 valence electrons. The monoisotopic (exact) mass is 494 g/mol. The SMILES string of the molecule is c1ccc(-c2ccc3c(c2)-c2cc(-c4ccc5ccc6cccc7ccc4c5c67)cc4cccc(c24)O3)cc1. The van der Waals surface area contributed by atoms with Crippen LogP contribution in [0.4, 0.5) is 0 Å². The Morgan fingerprint density at radius 3 is 1.92 bits per heavy atom. The molecular weight excluding hydrogens is 472 g/mol. The summed E-state index contributed by atoms with van der Waals surface area (Å²) in [6.45, 7) is 0. The minimum Gasteiger partial charge on any atom is -0.456 e. The molecule has 39 heavy (non-hydrogen) atoms. The van der Waals surface area contributed by atoms with Crippen molar-refractivity contribution in [2.45, 2.75) is 0 Å². The summed E-state index contributed by atoms with van der Waals surface area (Å²) < 4.78 is 6.43. The molecular formula is C38H22O. The fourth-order valence-corrected chi connectivity index (χ4v) is 6.59. The summed E-state index contributed by atoms with van der Waals surface area (Å²) in [6, 6.07) is 48.4. The average Bonchev–Trinajstić information content (AvgIpc) is 3.00. The molecule has 1 nitrogen and oxygen atoms in total. The van der Waals surface area contributed by atoms with E-state index in [2.05, 4.69) is 133 Å². The van der Waals surface area contributed by atoms with Crippen molar-refractivity contribution in [1.29, 1.82) is 0 Å². The first-order valence-electron chi connectivity index (χ1n) is 13.4. The highest BCUT2D eigenvalue weighted by Crippen LogP contribution is 2.50. The van der Waals surface area contributed by atoms with E-state index in [9.17, 15) is 0 Å². The highest BCUT2D eigenvalue weighted by atomic mass is 16.5. The Kier molecular flexibility index (Phi) is 4.11. The van der Waals surface area contributed by atoms with E-state index in [0.717, 1.165) is 17.1 Å². The van der Waals surface area contributed by atoms with Gasteiger partial charge in [0.05, 0.1) is 0 Å². The lowest BCUT2D eigenvalue weighted by Gasteiger charge is -2.23. The van der Waals surface area contributed by atoms with E-state index >= 15 is 0 Å².